The van der Waals surface area contributed by atoms with Crippen LogP contribution in [-0.2, 0) is 0 Å². The first kappa shape index (κ1) is 41.0. The zero-order valence-corrected chi connectivity index (χ0v) is 38.3. The van der Waals surface area contributed by atoms with E-state index in [1.807, 2.05) is 12.1 Å². The molecule has 0 N–H and O–H groups in total. The molecule has 0 bridgehead atoms. The van der Waals surface area contributed by atoms with Gasteiger partial charge in [0, 0.05) is 38.7 Å². The molecule has 1 heterocycles. The van der Waals surface area contributed by atoms with Gasteiger partial charge in [-0.2, -0.15) is 0 Å². The highest BCUT2D eigenvalue weighted by atomic mass is 16.3. The normalized spacial score (nSPS) is 11.4. The number of hydrogen-bond acceptors (Lipinski definition) is 2. The van der Waals surface area contributed by atoms with E-state index in [-0.39, 0.29) is 0 Å². The van der Waals surface area contributed by atoms with E-state index in [0.29, 0.717) is 0 Å². The van der Waals surface area contributed by atoms with Crippen LogP contribution in [0.1, 0.15) is 0 Å². The minimum Gasteiger partial charge on any atom is -0.455 e. The largest absolute Gasteiger partial charge is 0.455 e. The number of fused-ring (bicyclic) bond motifs is 6. The zero-order valence-electron chi connectivity index (χ0n) is 38.3. The third-order valence-electron chi connectivity index (χ3n) is 13.9. The van der Waals surface area contributed by atoms with Gasteiger partial charge >= 0.3 is 0 Å². The molecule has 13 rings (SSSR count). The Labute approximate surface area is 407 Å². The van der Waals surface area contributed by atoms with Gasteiger partial charge in [0.05, 0.1) is 5.69 Å². The van der Waals surface area contributed by atoms with Gasteiger partial charge in [0.25, 0.3) is 0 Å². The Morgan fingerprint density at radius 3 is 1.20 bits per heavy atom. The molecular weight excluding hydrogens is 847 g/mol. The molecule has 2 heteroatoms. The fourth-order valence-corrected chi connectivity index (χ4v) is 10.5. The lowest BCUT2D eigenvalue weighted by atomic mass is 9.89. The molecule has 0 spiro atoms. The molecule has 328 valence electrons. The maximum Gasteiger partial charge on any atom is 0.143 e. The first-order valence-corrected chi connectivity index (χ1v) is 24.0. The van der Waals surface area contributed by atoms with Crippen LogP contribution >= 0.6 is 0 Å². The SMILES string of the molecule is c1ccc(-c2ccc(-c3c(N(c4ccc(-c5cc(-c6ccccc6)cc(-c6ccccc6)c5)cc4)c4ccc(-c5cccc6c5oc5ccccc56)cc4)c4ccccc4c4ccccc34)cc2)cc1. The highest BCUT2D eigenvalue weighted by Crippen LogP contribution is 2.50. The molecule has 0 saturated carbocycles. The average Bonchev–Trinajstić information content (AvgIpc) is 3.83. The molecule has 0 radical (unpaired) electrons. The van der Waals surface area contributed by atoms with Crippen LogP contribution < -0.4 is 4.90 Å². The summed E-state index contributed by atoms with van der Waals surface area (Å²) in [6.07, 6.45) is 0. The molecule has 0 aliphatic rings. The van der Waals surface area contributed by atoms with Crippen molar-refractivity contribution in [2.45, 2.75) is 0 Å². The second-order valence-corrected chi connectivity index (χ2v) is 18.0. The molecule has 0 atom stereocenters. The summed E-state index contributed by atoms with van der Waals surface area (Å²) >= 11 is 0. The second-order valence-electron chi connectivity index (χ2n) is 18.0. The maximum absolute atomic E-state index is 6.55. The summed E-state index contributed by atoms with van der Waals surface area (Å²) in [4.78, 5) is 2.47. The Bertz CT molecular complexity index is 3950. The highest BCUT2D eigenvalue weighted by Gasteiger charge is 2.24. The number of nitrogens with zero attached hydrogens (tertiary/aromatic N) is 1. The number of hydrogen-bond donors (Lipinski definition) is 0. The van der Waals surface area contributed by atoms with Crippen LogP contribution in [0.4, 0.5) is 17.1 Å². The summed E-state index contributed by atoms with van der Waals surface area (Å²) < 4.78 is 6.55. The van der Waals surface area contributed by atoms with E-state index < -0.39 is 0 Å². The molecule has 0 amide bonds. The second kappa shape index (κ2) is 17.4. The van der Waals surface area contributed by atoms with Gasteiger partial charge in [-0.1, -0.05) is 224 Å². The van der Waals surface area contributed by atoms with E-state index in [0.717, 1.165) is 66.8 Å². The van der Waals surface area contributed by atoms with Crippen molar-refractivity contribution in [1.29, 1.82) is 0 Å². The summed E-state index contributed by atoms with van der Waals surface area (Å²) in [6.45, 7) is 0. The van der Waals surface area contributed by atoms with Gasteiger partial charge in [0.1, 0.15) is 11.2 Å². The van der Waals surface area contributed by atoms with Crippen LogP contribution in [0.5, 0.6) is 0 Å². The summed E-state index contributed by atoms with van der Waals surface area (Å²) in [5, 5.41) is 7.05. The molecule has 0 fully saturated rings. The highest BCUT2D eigenvalue weighted by molar-refractivity contribution is 6.22. The van der Waals surface area contributed by atoms with Crippen LogP contribution in [-0.4, -0.2) is 0 Å². The molecule has 2 nitrogen and oxygen atoms in total. The van der Waals surface area contributed by atoms with Crippen LogP contribution in [0.15, 0.2) is 277 Å². The Morgan fingerprint density at radius 1 is 0.243 bits per heavy atom. The van der Waals surface area contributed by atoms with Gasteiger partial charge in [-0.25, -0.2) is 0 Å². The Hall–Kier alpha value is -9.24. The van der Waals surface area contributed by atoms with Gasteiger partial charge in [-0.05, 0) is 120 Å². The maximum atomic E-state index is 6.55. The van der Waals surface area contributed by atoms with Crippen molar-refractivity contribution < 1.29 is 4.42 Å². The zero-order chi connectivity index (χ0) is 46.4. The van der Waals surface area contributed by atoms with E-state index in [1.165, 1.54) is 60.5 Å². The van der Waals surface area contributed by atoms with Gasteiger partial charge < -0.3 is 9.32 Å². The van der Waals surface area contributed by atoms with Crippen molar-refractivity contribution in [2.75, 3.05) is 4.90 Å². The van der Waals surface area contributed by atoms with Gasteiger partial charge in [0.2, 0.25) is 0 Å². The number of para-hydroxylation sites is 2. The summed E-state index contributed by atoms with van der Waals surface area (Å²) in [6, 6.07) is 98.8. The van der Waals surface area contributed by atoms with Crippen molar-refractivity contribution in [3.8, 4) is 66.8 Å². The monoisotopic (exact) mass is 891 g/mol. The minimum atomic E-state index is 0.895. The van der Waals surface area contributed by atoms with E-state index >= 15 is 0 Å². The van der Waals surface area contributed by atoms with Crippen LogP contribution in [0, 0.1) is 0 Å². The first-order chi connectivity index (χ1) is 34.7. The molecule has 0 aliphatic carbocycles. The fourth-order valence-electron chi connectivity index (χ4n) is 10.5. The smallest absolute Gasteiger partial charge is 0.143 e. The number of rotatable bonds is 9. The van der Waals surface area contributed by atoms with Crippen molar-refractivity contribution in [3.63, 3.8) is 0 Å². The Morgan fingerprint density at radius 2 is 0.629 bits per heavy atom. The summed E-state index contributed by atoms with van der Waals surface area (Å²) in [5.41, 5.74) is 19.0. The molecular formula is C68H45NO. The number of furan rings is 1. The lowest BCUT2D eigenvalue weighted by Crippen LogP contribution is -2.12. The average molecular weight is 892 g/mol. The molecule has 0 saturated heterocycles. The van der Waals surface area contributed by atoms with Crippen LogP contribution in [0.3, 0.4) is 0 Å². The lowest BCUT2D eigenvalue weighted by molar-refractivity contribution is 0.670. The molecule has 12 aromatic carbocycles. The van der Waals surface area contributed by atoms with Gasteiger partial charge in [-0.3, -0.25) is 0 Å². The van der Waals surface area contributed by atoms with E-state index in [9.17, 15) is 0 Å². The van der Waals surface area contributed by atoms with Gasteiger partial charge in [0.15, 0.2) is 0 Å². The lowest BCUT2D eigenvalue weighted by Gasteiger charge is -2.31. The number of anilines is 3. The van der Waals surface area contributed by atoms with Crippen molar-refractivity contribution in [2.24, 2.45) is 0 Å². The van der Waals surface area contributed by atoms with Crippen molar-refractivity contribution in [3.05, 3.63) is 273 Å². The number of benzene rings is 12. The van der Waals surface area contributed by atoms with Crippen molar-refractivity contribution >= 4 is 60.5 Å². The van der Waals surface area contributed by atoms with Crippen LogP contribution in [0.2, 0.25) is 0 Å². The predicted molar refractivity (Wildman–Crippen MR) is 296 cm³/mol. The third-order valence-corrected chi connectivity index (χ3v) is 13.9. The minimum absolute atomic E-state index is 0.895. The third kappa shape index (κ3) is 7.31. The predicted octanol–water partition coefficient (Wildman–Crippen LogP) is 19.4. The Kier molecular flexibility index (Phi) is 10.2. The van der Waals surface area contributed by atoms with E-state index in [4.69, 9.17) is 4.42 Å². The summed E-state index contributed by atoms with van der Waals surface area (Å²) in [5.74, 6) is 0. The van der Waals surface area contributed by atoms with Crippen LogP contribution in [0.25, 0.3) is 110 Å². The summed E-state index contributed by atoms with van der Waals surface area (Å²) in [7, 11) is 0. The molecule has 0 aliphatic heterocycles. The molecule has 70 heavy (non-hydrogen) atoms. The quantitative estimate of drug-likeness (QED) is 0.134. The molecule has 13 aromatic rings. The standard InChI is InChI=1S/C68H45NO/c1-4-17-46(18-5-1)49-31-33-52(34-32-49)66-62-26-12-10-23-59(62)60-24-11-13-27-63(60)67(66)69(57-41-37-51(38-42-57)58-28-16-29-64-61-25-14-15-30-65(61)70-68(58)64)56-39-35-50(36-40-56)55-44-53(47-19-6-2-7-20-47)43-54(45-55)48-21-8-3-9-22-48/h1-45H. The Balaban J connectivity index is 1.02. The van der Waals surface area contributed by atoms with E-state index in [1.54, 1.807) is 0 Å². The van der Waals surface area contributed by atoms with Gasteiger partial charge in [-0.15, -0.1) is 0 Å². The first-order valence-electron chi connectivity index (χ1n) is 24.0. The fraction of sp³-hybridized carbons (Fsp3) is 0. The molecule has 1 aromatic heterocycles. The van der Waals surface area contributed by atoms with Crippen molar-refractivity contribution in [1.82, 2.24) is 0 Å². The topological polar surface area (TPSA) is 16.4 Å². The van der Waals surface area contributed by atoms with E-state index in [2.05, 4.69) is 266 Å². The molecule has 0 unspecified atom stereocenters.